The van der Waals surface area contributed by atoms with Crippen molar-refractivity contribution in [1.29, 1.82) is 0 Å². The molecule has 1 fully saturated rings. The Morgan fingerprint density at radius 1 is 0.767 bits per heavy atom. The van der Waals surface area contributed by atoms with E-state index in [1.807, 2.05) is 27.7 Å². The lowest BCUT2D eigenvalue weighted by atomic mass is 10.00. The van der Waals surface area contributed by atoms with Crippen molar-refractivity contribution in [2.75, 3.05) is 26.2 Å². The fourth-order valence-electron chi connectivity index (χ4n) is 6.27. The third-order valence-corrected chi connectivity index (χ3v) is 9.46. The molecule has 0 radical (unpaired) electrons. The molecule has 334 valence electrons. The number of hydrogen-bond donors (Lipinski definition) is 11. The molecular weight excluding hydrogens is 781 g/mol. The Balaban J connectivity index is 2.29. The van der Waals surface area contributed by atoms with Gasteiger partial charge in [-0.05, 0) is 56.4 Å². The molecule has 15 N–H and O–H groups in total. The van der Waals surface area contributed by atoms with Gasteiger partial charge in [-0.2, -0.15) is 0 Å². The molecule has 7 atom stereocenters. The molecule has 0 aromatic heterocycles. The molecule has 8 amide bonds. The van der Waals surface area contributed by atoms with E-state index in [4.69, 9.17) is 22.9 Å². The first-order chi connectivity index (χ1) is 28.2. The third kappa shape index (κ3) is 17.6. The number of carbonyl (C=O) groups is 8. The van der Waals surface area contributed by atoms with E-state index in [1.54, 1.807) is 30.3 Å². The highest BCUT2D eigenvalue weighted by atomic mass is 16.3. The van der Waals surface area contributed by atoms with Crippen LogP contribution in [0.5, 0.6) is 0 Å². The van der Waals surface area contributed by atoms with Crippen molar-refractivity contribution in [3.8, 4) is 0 Å². The van der Waals surface area contributed by atoms with Gasteiger partial charge in [-0.1, -0.05) is 58.0 Å². The van der Waals surface area contributed by atoms with E-state index in [0.717, 1.165) is 0 Å². The molecule has 0 aliphatic carbocycles. The molecular formula is C39H64N12O9. The number of nitrogens with zero attached hydrogens (tertiary/aromatic N) is 2. The second-order valence-corrected chi connectivity index (χ2v) is 15.7. The highest BCUT2D eigenvalue weighted by Gasteiger charge is 2.37. The van der Waals surface area contributed by atoms with Crippen LogP contribution in [0.15, 0.2) is 35.3 Å². The quantitative estimate of drug-likeness (QED) is 0.0258. The Kier molecular flexibility index (Phi) is 20.9. The first-order valence-electron chi connectivity index (χ1n) is 20.1. The molecule has 0 spiro atoms. The molecule has 0 saturated carbocycles. The number of carbonyl (C=O) groups excluding carboxylic acids is 8. The van der Waals surface area contributed by atoms with Crippen molar-refractivity contribution in [1.82, 2.24) is 36.8 Å². The first-order valence-corrected chi connectivity index (χ1v) is 20.1. The zero-order valence-corrected chi connectivity index (χ0v) is 35.1. The van der Waals surface area contributed by atoms with Gasteiger partial charge in [-0.15, -0.1) is 0 Å². The molecule has 1 aromatic carbocycles. The molecule has 1 aromatic rings. The number of nitrogens with one attached hydrogen (secondary N) is 6. The van der Waals surface area contributed by atoms with Crippen LogP contribution in [0, 0.1) is 11.8 Å². The number of aliphatic hydroxyl groups excluding tert-OH is 1. The van der Waals surface area contributed by atoms with Crippen molar-refractivity contribution in [3.05, 3.63) is 35.9 Å². The topological polar surface area (TPSA) is 349 Å². The van der Waals surface area contributed by atoms with E-state index in [2.05, 4.69) is 36.9 Å². The molecule has 1 saturated heterocycles. The smallest absolute Gasteiger partial charge is 0.245 e. The predicted molar refractivity (Wildman–Crippen MR) is 222 cm³/mol. The van der Waals surface area contributed by atoms with Gasteiger partial charge in [-0.3, -0.25) is 43.3 Å². The molecule has 1 aliphatic rings. The van der Waals surface area contributed by atoms with Gasteiger partial charge in [0.15, 0.2) is 5.96 Å². The predicted octanol–water partition coefficient (Wildman–Crippen LogP) is -3.66. The van der Waals surface area contributed by atoms with Gasteiger partial charge in [-0.25, -0.2) is 0 Å². The van der Waals surface area contributed by atoms with Crippen LogP contribution in [0.3, 0.4) is 0 Å². The van der Waals surface area contributed by atoms with Crippen molar-refractivity contribution in [2.45, 2.75) is 115 Å². The molecule has 1 heterocycles. The lowest BCUT2D eigenvalue weighted by Gasteiger charge is -2.27. The molecule has 21 heteroatoms. The third-order valence-electron chi connectivity index (χ3n) is 9.46. The maximum absolute atomic E-state index is 14.0. The van der Waals surface area contributed by atoms with Crippen LogP contribution < -0.4 is 54.8 Å². The lowest BCUT2D eigenvalue weighted by molar-refractivity contribution is -0.137. The minimum Gasteiger partial charge on any atom is -0.394 e. The maximum atomic E-state index is 14.0. The summed E-state index contributed by atoms with van der Waals surface area (Å²) in [5.74, 6) is -5.86. The standard InChI is InChI=1S/C39H64N12O9/c1-21(2)16-25(40)33(55)50-30(20-52)37(59)46-26(12-9-14-44-39(42)43)34(56)48-28(17-22(3)4)35(57)49-29(18-24-10-7-6-8-11-24)36(58)47-27-13-15-51(38(27)60)19-31(53)45-23(5)32(41)54/h6-8,10-11,21-23,25-30,52H,9,12-20,40H2,1-5H3,(H2,41,54)(H,45,53)(H,46,59)(H,47,58)(H,48,56)(H,49,57)(H,50,55)(H4,42,43,44)/t23-,25-,26-,27-,28-,29-,30-/m0/s1. The summed E-state index contributed by atoms with van der Waals surface area (Å²) in [6.07, 6.45) is 0.815. The van der Waals surface area contributed by atoms with Crippen molar-refractivity contribution < 1.29 is 43.5 Å². The Morgan fingerprint density at radius 2 is 1.33 bits per heavy atom. The minimum absolute atomic E-state index is 0.0113. The van der Waals surface area contributed by atoms with Gasteiger partial charge < -0.3 is 64.8 Å². The highest BCUT2D eigenvalue weighted by molar-refractivity contribution is 5.97. The Morgan fingerprint density at radius 3 is 1.92 bits per heavy atom. The Bertz CT molecular complexity index is 1670. The largest absolute Gasteiger partial charge is 0.394 e. The molecule has 0 unspecified atom stereocenters. The van der Waals surface area contributed by atoms with Gasteiger partial charge in [0, 0.05) is 19.5 Å². The van der Waals surface area contributed by atoms with E-state index < -0.39 is 96.2 Å². The molecule has 60 heavy (non-hydrogen) atoms. The zero-order valence-electron chi connectivity index (χ0n) is 35.1. The van der Waals surface area contributed by atoms with Gasteiger partial charge in [0.2, 0.25) is 47.3 Å². The van der Waals surface area contributed by atoms with Crippen molar-refractivity contribution in [2.24, 2.45) is 39.8 Å². The summed E-state index contributed by atoms with van der Waals surface area (Å²) in [6, 6.07) is 0.720. The SMILES string of the molecule is CC(C)C[C@H](NC(=O)[C@H](CCCN=C(N)N)NC(=O)[C@H](CO)NC(=O)[C@@H](N)CC(C)C)C(=O)N[C@@H](Cc1ccccc1)C(=O)N[C@H]1CCN(CC(=O)N[C@@H](C)C(N)=O)C1=O. The fourth-order valence-corrected chi connectivity index (χ4v) is 6.27. The monoisotopic (exact) mass is 844 g/mol. The van der Waals surface area contributed by atoms with Crippen LogP contribution >= 0.6 is 0 Å². The van der Waals surface area contributed by atoms with Gasteiger partial charge in [0.1, 0.15) is 36.3 Å². The summed E-state index contributed by atoms with van der Waals surface area (Å²) in [6.45, 7) is 7.87. The molecule has 21 nitrogen and oxygen atoms in total. The molecule has 0 bridgehead atoms. The highest BCUT2D eigenvalue weighted by Crippen LogP contribution is 2.14. The second-order valence-electron chi connectivity index (χ2n) is 15.7. The number of nitrogens with two attached hydrogens (primary N) is 4. The number of aliphatic hydroxyl groups is 1. The summed E-state index contributed by atoms with van der Waals surface area (Å²) in [5.41, 5.74) is 22.7. The number of primary amides is 1. The number of hydrogen-bond acceptors (Lipinski definition) is 11. The number of likely N-dealkylation sites (tertiary alicyclic amines) is 1. The van der Waals surface area contributed by atoms with Crippen LogP contribution in [0.1, 0.15) is 72.3 Å². The van der Waals surface area contributed by atoms with Crippen LogP contribution in [0.2, 0.25) is 0 Å². The van der Waals surface area contributed by atoms with Crippen molar-refractivity contribution in [3.63, 3.8) is 0 Å². The van der Waals surface area contributed by atoms with E-state index in [1.165, 1.54) is 11.8 Å². The number of amides is 8. The van der Waals surface area contributed by atoms with Crippen LogP contribution in [-0.2, 0) is 44.8 Å². The van der Waals surface area contributed by atoms with Gasteiger partial charge in [0.25, 0.3) is 0 Å². The van der Waals surface area contributed by atoms with Gasteiger partial charge >= 0.3 is 0 Å². The van der Waals surface area contributed by atoms with E-state index in [0.29, 0.717) is 12.0 Å². The first kappa shape index (κ1) is 50.3. The average Bonchev–Trinajstić information content (AvgIpc) is 3.50. The average molecular weight is 845 g/mol. The van der Waals surface area contributed by atoms with Crippen LogP contribution in [0.4, 0.5) is 0 Å². The Labute approximate surface area is 350 Å². The summed E-state index contributed by atoms with van der Waals surface area (Å²) in [4.78, 5) is 110. The normalized spacial score (nSPS) is 16.7. The summed E-state index contributed by atoms with van der Waals surface area (Å²) in [7, 11) is 0. The molecule has 2 rings (SSSR count). The van der Waals surface area contributed by atoms with Crippen molar-refractivity contribution >= 4 is 53.2 Å². The van der Waals surface area contributed by atoms with E-state index in [-0.39, 0.29) is 69.5 Å². The second kappa shape index (κ2) is 24.9. The van der Waals surface area contributed by atoms with Gasteiger partial charge in [0.05, 0.1) is 19.2 Å². The van der Waals surface area contributed by atoms with Crippen LogP contribution in [-0.4, -0.2) is 132 Å². The van der Waals surface area contributed by atoms with E-state index >= 15 is 0 Å². The summed E-state index contributed by atoms with van der Waals surface area (Å²) in [5, 5.41) is 25.5. The maximum Gasteiger partial charge on any atom is 0.245 e. The van der Waals surface area contributed by atoms with Crippen LogP contribution in [0.25, 0.3) is 0 Å². The zero-order chi connectivity index (χ0) is 45.1. The number of benzene rings is 1. The number of guanidine groups is 1. The van der Waals surface area contributed by atoms with E-state index in [9.17, 15) is 43.5 Å². The Hall–Kier alpha value is -5.83. The number of aliphatic imine (C=N–C) groups is 1. The minimum atomic E-state index is -1.45. The number of rotatable bonds is 25. The lowest BCUT2D eigenvalue weighted by Crippen LogP contribution is -2.60. The summed E-state index contributed by atoms with van der Waals surface area (Å²) < 4.78 is 0. The molecule has 1 aliphatic heterocycles. The summed E-state index contributed by atoms with van der Waals surface area (Å²) >= 11 is 0. The fraction of sp³-hybridized carbons (Fsp3) is 0.615.